The van der Waals surface area contributed by atoms with E-state index in [4.69, 9.17) is 0 Å². The van der Waals surface area contributed by atoms with Gasteiger partial charge in [-0.05, 0) is 43.3 Å². The molecule has 28 heavy (non-hydrogen) atoms. The SMILES string of the molecule is CCn1c(SCC(=O)Nc2ccc(NC(=O)C(C)C)cc2)nc2ccccc21. The first-order valence-electron chi connectivity index (χ1n) is 9.26. The van der Waals surface area contributed by atoms with E-state index in [2.05, 4.69) is 27.1 Å². The molecule has 1 aromatic heterocycles. The number of nitrogens with one attached hydrogen (secondary N) is 2. The van der Waals surface area contributed by atoms with E-state index < -0.39 is 0 Å². The maximum Gasteiger partial charge on any atom is 0.234 e. The van der Waals surface area contributed by atoms with E-state index in [0.29, 0.717) is 11.4 Å². The number of hydrogen-bond acceptors (Lipinski definition) is 4. The summed E-state index contributed by atoms with van der Waals surface area (Å²) in [6.45, 7) is 6.55. The summed E-state index contributed by atoms with van der Waals surface area (Å²) in [5.74, 6) is 0.0595. The van der Waals surface area contributed by atoms with Crippen LogP contribution in [0.1, 0.15) is 20.8 Å². The summed E-state index contributed by atoms with van der Waals surface area (Å²) in [5.41, 5.74) is 3.41. The molecule has 0 saturated carbocycles. The first kappa shape index (κ1) is 19.9. The Bertz CT molecular complexity index is 980. The van der Waals surface area contributed by atoms with Gasteiger partial charge in [0.15, 0.2) is 5.16 Å². The van der Waals surface area contributed by atoms with E-state index in [1.807, 2.05) is 38.1 Å². The molecule has 2 aromatic carbocycles. The van der Waals surface area contributed by atoms with E-state index in [9.17, 15) is 9.59 Å². The molecule has 0 atom stereocenters. The highest BCUT2D eigenvalue weighted by atomic mass is 32.2. The predicted molar refractivity (Wildman–Crippen MR) is 115 cm³/mol. The van der Waals surface area contributed by atoms with Gasteiger partial charge in [0.25, 0.3) is 0 Å². The minimum atomic E-state index is -0.0984. The lowest BCUT2D eigenvalue weighted by atomic mass is 10.2. The second kappa shape index (κ2) is 8.93. The first-order valence-corrected chi connectivity index (χ1v) is 10.3. The maximum atomic E-state index is 12.3. The Balaban J connectivity index is 1.58. The van der Waals surface area contributed by atoms with Crippen LogP contribution in [0.2, 0.25) is 0 Å². The minimum Gasteiger partial charge on any atom is -0.326 e. The Labute approximate surface area is 168 Å². The number of thioether (sulfide) groups is 1. The highest BCUT2D eigenvalue weighted by molar-refractivity contribution is 7.99. The summed E-state index contributed by atoms with van der Waals surface area (Å²) in [6.07, 6.45) is 0. The molecule has 146 valence electrons. The van der Waals surface area contributed by atoms with Crippen molar-refractivity contribution in [1.29, 1.82) is 0 Å². The zero-order valence-electron chi connectivity index (χ0n) is 16.2. The van der Waals surface area contributed by atoms with Crippen LogP contribution < -0.4 is 10.6 Å². The quantitative estimate of drug-likeness (QED) is 0.581. The van der Waals surface area contributed by atoms with E-state index in [1.54, 1.807) is 24.3 Å². The molecule has 6 nitrogen and oxygen atoms in total. The van der Waals surface area contributed by atoms with Crippen LogP contribution in [0.15, 0.2) is 53.7 Å². The number of carbonyl (C=O) groups excluding carboxylic acids is 2. The first-order chi connectivity index (χ1) is 13.5. The van der Waals surface area contributed by atoms with Crippen molar-refractivity contribution in [3.63, 3.8) is 0 Å². The Hall–Kier alpha value is -2.80. The van der Waals surface area contributed by atoms with Gasteiger partial charge in [0.05, 0.1) is 16.8 Å². The van der Waals surface area contributed by atoms with Crippen molar-refractivity contribution in [3.8, 4) is 0 Å². The van der Waals surface area contributed by atoms with Crippen molar-refractivity contribution in [2.45, 2.75) is 32.5 Å². The van der Waals surface area contributed by atoms with Crippen LogP contribution in [0.5, 0.6) is 0 Å². The number of anilines is 2. The minimum absolute atomic E-state index is 0.0352. The lowest BCUT2D eigenvalue weighted by Gasteiger charge is -2.09. The summed E-state index contributed by atoms with van der Waals surface area (Å²) in [6, 6.07) is 15.1. The average molecular weight is 397 g/mol. The smallest absolute Gasteiger partial charge is 0.234 e. The molecule has 1 heterocycles. The Morgan fingerprint density at radius 1 is 1.04 bits per heavy atom. The van der Waals surface area contributed by atoms with Crippen molar-refractivity contribution in [1.82, 2.24) is 9.55 Å². The van der Waals surface area contributed by atoms with Crippen LogP contribution in [0.4, 0.5) is 11.4 Å². The lowest BCUT2D eigenvalue weighted by Crippen LogP contribution is -2.18. The number of carbonyl (C=O) groups is 2. The Morgan fingerprint density at radius 3 is 2.32 bits per heavy atom. The van der Waals surface area contributed by atoms with E-state index >= 15 is 0 Å². The zero-order valence-corrected chi connectivity index (χ0v) is 17.0. The Morgan fingerprint density at radius 2 is 1.68 bits per heavy atom. The van der Waals surface area contributed by atoms with Crippen molar-refractivity contribution >= 4 is 46.0 Å². The fourth-order valence-electron chi connectivity index (χ4n) is 2.72. The molecule has 2 N–H and O–H groups in total. The molecule has 3 aromatic rings. The van der Waals surface area contributed by atoms with Crippen LogP contribution in [0.25, 0.3) is 11.0 Å². The molecule has 0 aliphatic carbocycles. The summed E-state index contributed by atoms with van der Waals surface area (Å²) in [5, 5.41) is 6.54. The molecule has 2 amide bonds. The van der Waals surface area contributed by atoms with Gasteiger partial charge in [0, 0.05) is 23.8 Å². The molecule has 0 unspecified atom stereocenters. The molecule has 0 aliphatic heterocycles. The van der Waals surface area contributed by atoms with Crippen LogP contribution in [-0.2, 0) is 16.1 Å². The number of imidazole rings is 1. The number of rotatable bonds is 7. The molecule has 0 radical (unpaired) electrons. The molecular weight excluding hydrogens is 372 g/mol. The van der Waals surface area contributed by atoms with Crippen molar-refractivity contribution in [3.05, 3.63) is 48.5 Å². The third kappa shape index (κ3) is 4.72. The molecule has 0 spiro atoms. The normalized spacial score (nSPS) is 11.0. The lowest BCUT2D eigenvalue weighted by molar-refractivity contribution is -0.119. The van der Waals surface area contributed by atoms with Gasteiger partial charge in [-0.3, -0.25) is 9.59 Å². The number of hydrogen-bond donors (Lipinski definition) is 2. The highest BCUT2D eigenvalue weighted by Gasteiger charge is 2.12. The van der Waals surface area contributed by atoms with Crippen LogP contribution in [0.3, 0.4) is 0 Å². The maximum absolute atomic E-state index is 12.3. The Kier molecular flexibility index (Phi) is 6.36. The van der Waals surface area contributed by atoms with E-state index in [-0.39, 0.29) is 23.5 Å². The van der Waals surface area contributed by atoms with Crippen LogP contribution >= 0.6 is 11.8 Å². The molecule has 0 aliphatic rings. The van der Waals surface area contributed by atoms with Gasteiger partial charge in [-0.2, -0.15) is 0 Å². The van der Waals surface area contributed by atoms with Gasteiger partial charge in [-0.1, -0.05) is 37.7 Å². The summed E-state index contributed by atoms with van der Waals surface area (Å²) in [4.78, 5) is 28.7. The third-order valence-electron chi connectivity index (χ3n) is 4.23. The number of aromatic nitrogens is 2. The number of aryl methyl sites for hydroxylation is 1. The second-order valence-corrected chi connectivity index (χ2v) is 7.63. The summed E-state index contributed by atoms with van der Waals surface area (Å²) >= 11 is 1.42. The molecule has 0 saturated heterocycles. The third-order valence-corrected chi connectivity index (χ3v) is 5.21. The number of benzene rings is 2. The molecule has 0 bridgehead atoms. The van der Waals surface area contributed by atoms with Gasteiger partial charge < -0.3 is 15.2 Å². The molecule has 0 fully saturated rings. The zero-order chi connectivity index (χ0) is 20.1. The number of nitrogens with zero attached hydrogens (tertiary/aromatic N) is 2. The second-order valence-electron chi connectivity index (χ2n) is 6.69. The van der Waals surface area contributed by atoms with E-state index in [0.717, 1.165) is 22.7 Å². The fraction of sp³-hybridized carbons (Fsp3) is 0.286. The van der Waals surface area contributed by atoms with Gasteiger partial charge in [-0.25, -0.2) is 4.98 Å². The molecular formula is C21H24N4O2S. The van der Waals surface area contributed by atoms with Gasteiger partial charge in [-0.15, -0.1) is 0 Å². The largest absolute Gasteiger partial charge is 0.326 e. The van der Waals surface area contributed by atoms with Crippen molar-refractivity contribution < 1.29 is 9.59 Å². The monoisotopic (exact) mass is 396 g/mol. The van der Waals surface area contributed by atoms with Crippen LogP contribution in [0, 0.1) is 5.92 Å². The van der Waals surface area contributed by atoms with E-state index in [1.165, 1.54) is 11.8 Å². The number of amides is 2. The van der Waals surface area contributed by atoms with Crippen molar-refractivity contribution in [2.75, 3.05) is 16.4 Å². The molecule has 7 heteroatoms. The number of fused-ring (bicyclic) bond motifs is 1. The topological polar surface area (TPSA) is 76.0 Å². The van der Waals surface area contributed by atoms with Crippen molar-refractivity contribution in [2.24, 2.45) is 5.92 Å². The fourth-order valence-corrected chi connectivity index (χ4v) is 3.60. The van der Waals surface area contributed by atoms with Crippen LogP contribution in [-0.4, -0.2) is 27.1 Å². The standard InChI is InChI=1S/C21H24N4O2S/c1-4-25-18-8-6-5-7-17(18)24-21(25)28-13-19(26)22-15-9-11-16(12-10-15)23-20(27)14(2)3/h5-12,14H,4,13H2,1-3H3,(H,22,26)(H,23,27). The van der Waals surface area contributed by atoms with Gasteiger partial charge in [0.2, 0.25) is 11.8 Å². The molecule has 3 rings (SSSR count). The number of para-hydroxylation sites is 2. The average Bonchev–Trinajstić information content (AvgIpc) is 3.05. The summed E-state index contributed by atoms with van der Waals surface area (Å²) in [7, 11) is 0. The van der Waals surface area contributed by atoms with Gasteiger partial charge in [0.1, 0.15) is 0 Å². The summed E-state index contributed by atoms with van der Waals surface area (Å²) < 4.78 is 2.11. The predicted octanol–water partition coefficient (Wildman–Crippen LogP) is 4.38. The highest BCUT2D eigenvalue weighted by Crippen LogP contribution is 2.24. The van der Waals surface area contributed by atoms with Gasteiger partial charge >= 0.3 is 0 Å².